The number of carbonyl (C=O) groups excluding carboxylic acids is 1. The van der Waals surface area contributed by atoms with Crippen molar-refractivity contribution in [2.45, 2.75) is 0 Å². The van der Waals surface area contributed by atoms with Crippen molar-refractivity contribution < 1.29 is 9.18 Å². The number of hydrogen-bond acceptors (Lipinski definition) is 2. The van der Waals surface area contributed by atoms with Crippen LogP contribution in [0.1, 0.15) is 10.4 Å². The second-order valence-electron chi connectivity index (χ2n) is 3.46. The van der Waals surface area contributed by atoms with Crippen LogP contribution in [0.4, 0.5) is 4.39 Å². The molecular formula is C12H5Cl3FNO. The molecule has 0 amide bonds. The maximum Gasteiger partial charge on any atom is 0.151 e. The lowest BCUT2D eigenvalue weighted by molar-refractivity contribution is 0.112. The van der Waals surface area contributed by atoms with Gasteiger partial charge in [-0.2, -0.15) is 0 Å². The SMILES string of the molecule is O=Cc1cnc(-c2cc(Cl)c(Cl)cc2Cl)c(F)c1. The van der Waals surface area contributed by atoms with Gasteiger partial charge in [-0.25, -0.2) is 4.39 Å². The van der Waals surface area contributed by atoms with Gasteiger partial charge in [0.05, 0.1) is 15.1 Å². The zero-order valence-electron chi connectivity index (χ0n) is 8.75. The normalized spacial score (nSPS) is 10.4. The topological polar surface area (TPSA) is 30.0 Å². The molecule has 0 unspecified atom stereocenters. The highest BCUT2D eigenvalue weighted by atomic mass is 35.5. The van der Waals surface area contributed by atoms with Crippen LogP contribution in [0.25, 0.3) is 11.3 Å². The van der Waals surface area contributed by atoms with E-state index < -0.39 is 5.82 Å². The Labute approximate surface area is 117 Å². The van der Waals surface area contributed by atoms with Gasteiger partial charge in [0.25, 0.3) is 0 Å². The molecule has 1 heterocycles. The lowest BCUT2D eigenvalue weighted by Crippen LogP contribution is -1.93. The maximum atomic E-state index is 13.8. The van der Waals surface area contributed by atoms with Crippen molar-refractivity contribution in [2.24, 2.45) is 0 Å². The van der Waals surface area contributed by atoms with Crippen molar-refractivity contribution in [3.8, 4) is 11.3 Å². The smallest absolute Gasteiger partial charge is 0.151 e. The van der Waals surface area contributed by atoms with E-state index in [0.717, 1.165) is 6.07 Å². The van der Waals surface area contributed by atoms with E-state index in [1.807, 2.05) is 0 Å². The highest BCUT2D eigenvalue weighted by Gasteiger charge is 2.13. The third-order valence-electron chi connectivity index (χ3n) is 2.26. The van der Waals surface area contributed by atoms with Gasteiger partial charge in [-0.15, -0.1) is 0 Å². The molecule has 0 saturated heterocycles. The number of hydrogen-bond donors (Lipinski definition) is 0. The number of halogens is 4. The first-order valence-electron chi connectivity index (χ1n) is 4.78. The molecule has 0 atom stereocenters. The molecule has 0 aliphatic heterocycles. The fourth-order valence-corrected chi connectivity index (χ4v) is 2.06. The number of carbonyl (C=O) groups is 1. The van der Waals surface area contributed by atoms with Crippen LogP contribution < -0.4 is 0 Å². The molecule has 0 aliphatic carbocycles. The number of aromatic nitrogens is 1. The number of aldehydes is 1. The number of nitrogens with zero attached hydrogens (tertiary/aromatic N) is 1. The monoisotopic (exact) mass is 303 g/mol. The molecule has 1 aromatic carbocycles. The van der Waals surface area contributed by atoms with Crippen molar-refractivity contribution in [1.82, 2.24) is 4.98 Å². The van der Waals surface area contributed by atoms with Crippen LogP contribution in [-0.2, 0) is 0 Å². The molecule has 18 heavy (non-hydrogen) atoms. The summed E-state index contributed by atoms with van der Waals surface area (Å²) in [6.45, 7) is 0. The van der Waals surface area contributed by atoms with E-state index in [4.69, 9.17) is 34.8 Å². The molecule has 2 rings (SSSR count). The maximum absolute atomic E-state index is 13.8. The highest BCUT2D eigenvalue weighted by molar-refractivity contribution is 6.44. The quantitative estimate of drug-likeness (QED) is 0.596. The van der Waals surface area contributed by atoms with Gasteiger partial charge in [0.15, 0.2) is 6.29 Å². The van der Waals surface area contributed by atoms with E-state index in [1.54, 1.807) is 0 Å². The number of pyridine rings is 1. The predicted molar refractivity (Wildman–Crippen MR) is 70.0 cm³/mol. The van der Waals surface area contributed by atoms with E-state index >= 15 is 0 Å². The molecular weight excluding hydrogens is 299 g/mol. The van der Waals surface area contributed by atoms with Gasteiger partial charge in [0, 0.05) is 17.3 Å². The summed E-state index contributed by atoms with van der Waals surface area (Å²) in [4.78, 5) is 14.4. The van der Waals surface area contributed by atoms with Crippen molar-refractivity contribution in [3.05, 3.63) is 50.8 Å². The van der Waals surface area contributed by atoms with Crippen LogP contribution in [0.2, 0.25) is 15.1 Å². The highest BCUT2D eigenvalue weighted by Crippen LogP contribution is 2.35. The Bertz CT molecular complexity index is 631. The van der Waals surface area contributed by atoms with Crippen LogP contribution in [0.15, 0.2) is 24.4 Å². The van der Waals surface area contributed by atoms with Gasteiger partial charge in [0.1, 0.15) is 11.5 Å². The number of benzene rings is 1. The Hall–Kier alpha value is -1.16. The van der Waals surface area contributed by atoms with Crippen LogP contribution >= 0.6 is 34.8 Å². The first kappa shape index (κ1) is 13.3. The summed E-state index contributed by atoms with van der Waals surface area (Å²) in [7, 11) is 0. The summed E-state index contributed by atoms with van der Waals surface area (Å²) in [6, 6.07) is 3.92. The minimum atomic E-state index is -0.653. The van der Waals surface area contributed by atoms with Gasteiger partial charge < -0.3 is 0 Å². The fraction of sp³-hybridized carbons (Fsp3) is 0. The summed E-state index contributed by atoms with van der Waals surface area (Å²) in [5, 5.41) is 0.752. The lowest BCUT2D eigenvalue weighted by atomic mass is 10.1. The summed E-state index contributed by atoms with van der Waals surface area (Å²) in [6.07, 6.45) is 1.76. The molecule has 0 aliphatic rings. The number of rotatable bonds is 2. The van der Waals surface area contributed by atoms with Crippen LogP contribution in [0.3, 0.4) is 0 Å². The Balaban J connectivity index is 2.62. The van der Waals surface area contributed by atoms with E-state index in [-0.39, 0.29) is 26.3 Å². The standard InChI is InChI=1S/C12H5Cl3FNO/c13-8-3-10(15)9(14)2-7(8)12-11(16)1-6(5-18)4-17-12/h1-5H. The van der Waals surface area contributed by atoms with Crippen LogP contribution in [0, 0.1) is 5.82 Å². The fourth-order valence-electron chi connectivity index (χ4n) is 1.42. The molecule has 1 aromatic heterocycles. The molecule has 2 nitrogen and oxygen atoms in total. The van der Waals surface area contributed by atoms with E-state index in [1.165, 1.54) is 18.3 Å². The van der Waals surface area contributed by atoms with Crippen molar-refractivity contribution >= 4 is 41.1 Å². The molecule has 92 valence electrons. The van der Waals surface area contributed by atoms with Gasteiger partial charge in [-0.3, -0.25) is 9.78 Å². The Morgan fingerprint density at radius 2 is 1.72 bits per heavy atom. The van der Waals surface area contributed by atoms with E-state index in [9.17, 15) is 9.18 Å². The third-order valence-corrected chi connectivity index (χ3v) is 3.30. The lowest BCUT2D eigenvalue weighted by Gasteiger charge is -2.07. The molecule has 2 aromatic rings. The van der Waals surface area contributed by atoms with Crippen LogP contribution in [0.5, 0.6) is 0 Å². The molecule has 0 fully saturated rings. The molecule has 0 saturated carbocycles. The molecule has 0 N–H and O–H groups in total. The van der Waals surface area contributed by atoms with Crippen molar-refractivity contribution in [2.75, 3.05) is 0 Å². The summed E-state index contributed by atoms with van der Waals surface area (Å²) < 4.78 is 13.8. The second kappa shape index (κ2) is 5.22. The average Bonchev–Trinajstić information content (AvgIpc) is 2.34. The molecule has 0 spiro atoms. The average molecular weight is 305 g/mol. The van der Waals surface area contributed by atoms with E-state index in [2.05, 4.69) is 4.98 Å². The minimum absolute atomic E-state index is 0.0177. The summed E-state index contributed by atoms with van der Waals surface area (Å²) >= 11 is 17.6. The van der Waals surface area contributed by atoms with Gasteiger partial charge in [0.2, 0.25) is 0 Å². The Kier molecular flexibility index (Phi) is 3.85. The molecule has 0 bridgehead atoms. The molecule has 6 heteroatoms. The summed E-state index contributed by atoms with van der Waals surface area (Å²) in [5.41, 5.74) is 0.484. The largest absolute Gasteiger partial charge is 0.298 e. The zero-order chi connectivity index (χ0) is 13.3. The van der Waals surface area contributed by atoms with Gasteiger partial charge in [-0.05, 0) is 18.2 Å². The van der Waals surface area contributed by atoms with Crippen molar-refractivity contribution in [3.63, 3.8) is 0 Å². The summed E-state index contributed by atoms with van der Waals surface area (Å²) in [5.74, 6) is -0.653. The predicted octanol–water partition coefficient (Wildman–Crippen LogP) is 4.66. The Morgan fingerprint density at radius 3 is 2.33 bits per heavy atom. The zero-order valence-corrected chi connectivity index (χ0v) is 11.0. The second-order valence-corrected chi connectivity index (χ2v) is 4.68. The minimum Gasteiger partial charge on any atom is -0.298 e. The van der Waals surface area contributed by atoms with Crippen LogP contribution in [-0.4, -0.2) is 11.3 Å². The first-order chi connectivity index (χ1) is 8.52. The van der Waals surface area contributed by atoms with Gasteiger partial charge >= 0.3 is 0 Å². The third kappa shape index (κ3) is 2.48. The van der Waals surface area contributed by atoms with Crippen molar-refractivity contribution in [1.29, 1.82) is 0 Å². The Morgan fingerprint density at radius 1 is 1.06 bits per heavy atom. The van der Waals surface area contributed by atoms with E-state index in [0.29, 0.717) is 11.8 Å². The molecule has 0 radical (unpaired) electrons. The van der Waals surface area contributed by atoms with Gasteiger partial charge in [-0.1, -0.05) is 34.8 Å². The first-order valence-corrected chi connectivity index (χ1v) is 5.92.